The largest absolute Gasteiger partial charge is 0.491 e. The van der Waals surface area contributed by atoms with Gasteiger partial charge >= 0.3 is 0 Å². The molecule has 0 aliphatic heterocycles. The van der Waals surface area contributed by atoms with Crippen molar-refractivity contribution in [3.8, 4) is 5.75 Å². The molecule has 0 saturated carbocycles. The van der Waals surface area contributed by atoms with Crippen LogP contribution in [0, 0.1) is 5.41 Å². The van der Waals surface area contributed by atoms with Gasteiger partial charge in [0, 0.05) is 12.2 Å². The molecule has 5 heteroatoms. The normalized spacial score (nSPS) is 12.1. The van der Waals surface area contributed by atoms with Crippen LogP contribution in [0.1, 0.15) is 19.4 Å². The lowest BCUT2D eigenvalue weighted by molar-refractivity contribution is -0.0128. The van der Waals surface area contributed by atoms with Crippen molar-refractivity contribution in [3.63, 3.8) is 0 Å². The molecule has 1 aromatic carbocycles. The van der Waals surface area contributed by atoms with Crippen LogP contribution in [0.5, 0.6) is 5.75 Å². The Bertz CT molecular complexity index is 379. The SMILES string of the molecule is CCOCC(C)OCCOc1ccc(C(=N)N)cc1. The first-order valence-electron chi connectivity index (χ1n) is 6.40. The van der Waals surface area contributed by atoms with E-state index in [9.17, 15) is 0 Å². The highest BCUT2D eigenvalue weighted by molar-refractivity contribution is 5.94. The zero-order valence-electron chi connectivity index (χ0n) is 11.5. The van der Waals surface area contributed by atoms with Crippen LogP contribution in [0.2, 0.25) is 0 Å². The maximum atomic E-state index is 7.28. The van der Waals surface area contributed by atoms with Crippen LogP contribution in [0.25, 0.3) is 0 Å². The summed E-state index contributed by atoms with van der Waals surface area (Å²) in [5.74, 6) is 0.797. The van der Waals surface area contributed by atoms with E-state index in [2.05, 4.69) is 0 Å². The summed E-state index contributed by atoms with van der Waals surface area (Å²) in [7, 11) is 0. The zero-order valence-corrected chi connectivity index (χ0v) is 11.5. The minimum atomic E-state index is 0.0552. The monoisotopic (exact) mass is 266 g/mol. The van der Waals surface area contributed by atoms with Gasteiger partial charge in [-0.2, -0.15) is 0 Å². The first kappa shape index (κ1) is 15.5. The predicted molar refractivity (Wildman–Crippen MR) is 74.9 cm³/mol. The first-order chi connectivity index (χ1) is 9.13. The molecule has 1 unspecified atom stereocenters. The fourth-order valence-electron chi connectivity index (χ4n) is 1.47. The maximum absolute atomic E-state index is 7.28. The van der Waals surface area contributed by atoms with Crippen LogP contribution in [-0.4, -0.2) is 38.4 Å². The molecule has 19 heavy (non-hydrogen) atoms. The lowest BCUT2D eigenvalue weighted by atomic mass is 10.2. The van der Waals surface area contributed by atoms with E-state index in [0.717, 1.165) is 5.75 Å². The van der Waals surface area contributed by atoms with Crippen LogP contribution in [-0.2, 0) is 9.47 Å². The number of amidine groups is 1. The molecule has 0 fully saturated rings. The quantitative estimate of drug-likeness (QED) is 0.406. The minimum Gasteiger partial charge on any atom is -0.491 e. The molecule has 0 aromatic heterocycles. The molecule has 0 heterocycles. The number of hydrogen-bond acceptors (Lipinski definition) is 4. The van der Waals surface area contributed by atoms with Gasteiger partial charge in [0.25, 0.3) is 0 Å². The van der Waals surface area contributed by atoms with Gasteiger partial charge in [0.05, 0.1) is 19.3 Å². The van der Waals surface area contributed by atoms with Gasteiger partial charge in [-0.1, -0.05) is 0 Å². The van der Waals surface area contributed by atoms with Gasteiger partial charge < -0.3 is 19.9 Å². The Kier molecular flexibility index (Phi) is 6.92. The van der Waals surface area contributed by atoms with Crippen LogP contribution >= 0.6 is 0 Å². The number of benzene rings is 1. The Hall–Kier alpha value is -1.59. The van der Waals surface area contributed by atoms with Gasteiger partial charge in [0.1, 0.15) is 18.2 Å². The van der Waals surface area contributed by atoms with Crippen molar-refractivity contribution in [3.05, 3.63) is 29.8 Å². The van der Waals surface area contributed by atoms with Gasteiger partial charge in [-0.3, -0.25) is 5.41 Å². The highest BCUT2D eigenvalue weighted by Crippen LogP contribution is 2.11. The summed E-state index contributed by atoms with van der Waals surface area (Å²) in [4.78, 5) is 0. The number of rotatable bonds is 9. The fraction of sp³-hybridized carbons (Fsp3) is 0.500. The maximum Gasteiger partial charge on any atom is 0.122 e. The molecule has 1 aromatic rings. The van der Waals surface area contributed by atoms with E-state index in [1.165, 1.54) is 0 Å². The molecule has 1 rings (SSSR count). The summed E-state index contributed by atoms with van der Waals surface area (Å²) >= 11 is 0. The van der Waals surface area contributed by atoms with Gasteiger partial charge in [-0.25, -0.2) is 0 Å². The van der Waals surface area contributed by atoms with E-state index in [4.69, 9.17) is 25.4 Å². The van der Waals surface area contributed by atoms with Gasteiger partial charge in [-0.15, -0.1) is 0 Å². The second-order valence-corrected chi connectivity index (χ2v) is 4.13. The first-order valence-corrected chi connectivity index (χ1v) is 6.40. The Morgan fingerprint density at radius 3 is 2.53 bits per heavy atom. The fourth-order valence-corrected chi connectivity index (χ4v) is 1.47. The molecule has 0 saturated heterocycles. The van der Waals surface area contributed by atoms with E-state index < -0.39 is 0 Å². The predicted octanol–water partition coefficient (Wildman–Crippen LogP) is 1.79. The molecule has 0 spiro atoms. The lowest BCUT2D eigenvalue weighted by Gasteiger charge is -2.13. The van der Waals surface area contributed by atoms with E-state index in [-0.39, 0.29) is 11.9 Å². The van der Waals surface area contributed by atoms with Crippen molar-refractivity contribution >= 4 is 5.84 Å². The number of nitrogens with one attached hydrogen (secondary N) is 1. The van der Waals surface area contributed by atoms with Crippen LogP contribution in [0.4, 0.5) is 0 Å². The van der Waals surface area contributed by atoms with Crippen LogP contribution < -0.4 is 10.5 Å². The number of hydrogen-bond donors (Lipinski definition) is 2. The molecule has 0 bridgehead atoms. The average molecular weight is 266 g/mol. The van der Waals surface area contributed by atoms with Crippen LogP contribution in [0.3, 0.4) is 0 Å². The van der Waals surface area contributed by atoms with Gasteiger partial charge in [-0.05, 0) is 38.1 Å². The third-order valence-corrected chi connectivity index (χ3v) is 2.48. The van der Waals surface area contributed by atoms with E-state index >= 15 is 0 Å². The van der Waals surface area contributed by atoms with Crippen molar-refractivity contribution in [2.24, 2.45) is 5.73 Å². The van der Waals surface area contributed by atoms with E-state index in [1.54, 1.807) is 24.3 Å². The van der Waals surface area contributed by atoms with Crippen LogP contribution in [0.15, 0.2) is 24.3 Å². The highest BCUT2D eigenvalue weighted by Gasteiger charge is 2.02. The lowest BCUT2D eigenvalue weighted by Crippen LogP contribution is -2.19. The molecule has 1 atom stereocenters. The van der Waals surface area contributed by atoms with Crippen molar-refractivity contribution < 1.29 is 14.2 Å². The van der Waals surface area contributed by atoms with Crippen molar-refractivity contribution in [1.82, 2.24) is 0 Å². The Morgan fingerprint density at radius 2 is 1.95 bits per heavy atom. The van der Waals surface area contributed by atoms with Crippen molar-refractivity contribution in [1.29, 1.82) is 5.41 Å². The summed E-state index contributed by atoms with van der Waals surface area (Å²) in [5, 5.41) is 7.28. The second-order valence-electron chi connectivity index (χ2n) is 4.13. The molecule has 0 radical (unpaired) electrons. The Balaban J connectivity index is 2.20. The van der Waals surface area contributed by atoms with Gasteiger partial charge in [0.2, 0.25) is 0 Å². The average Bonchev–Trinajstić information content (AvgIpc) is 2.41. The number of ether oxygens (including phenoxy) is 3. The molecular weight excluding hydrogens is 244 g/mol. The molecule has 0 aliphatic rings. The topological polar surface area (TPSA) is 77.6 Å². The van der Waals surface area contributed by atoms with E-state index in [0.29, 0.717) is 32.0 Å². The second kappa shape index (κ2) is 8.50. The smallest absolute Gasteiger partial charge is 0.122 e. The molecule has 5 nitrogen and oxygen atoms in total. The van der Waals surface area contributed by atoms with Crippen molar-refractivity contribution in [2.75, 3.05) is 26.4 Å². The minimum absolute atomic E-state index is 0.0552. The summed E-state index contributed by atoms with van der Waals surface area (Å²) in [6, 6.07) is 7.10. The Morgan fingerprint density at radius 1 is 1.26 bits per heavy atom. The zero-order chi connectivity index (χ0) is 14.1. The van der Waals surface area contributed by atoms with Gasteiger partial charge in [0.15, 0.2) is 0 Å². The third-order valence-electron chi connectivity index (χ3n) is 2.48. The number of nitrogens with two attached hydrogens (primary N) is 1. The highest BCUT2D eigenvalue weighted by atomic mass is 16.5. The molecule has 3 N–H and O–H groups in total. The number of nitrogen functional groups attached to an aromatic ring is 1. The molecule has 0 amide bonds. The summed E-state index contributed by atoms with van der Waals surface area (Å²) in [6.07, 6.45) is 0.0728. The molecule has 0 aliphatic carbocycles. The molecule has 106 valence electrons. The summed E-state index contributed by atoms with van der Waals surface area (Å²) in [5.41, 5.74) is 6.06. The third kappa shape index (κ3) is 6.22. The molecular formula is C14H22N2O3. The standard InChI is InChI=1S/C14H22N2O3/c1-3-17-10-11(2)18-8-9-19-13-6-4-12(5-7-13)14(15)16/h4-7,11H,3,8-10H2,1-2H3,(H3,15,16). The summed E-state index contributed by atoms with van der Waals surface area (Å²) in [6.45, 7) is 6.23. The summed E-state index contributed by atoms with van der Waals surface area (Å²) < 4.78 is 16.3. The van der Waals surface area contributed by atoms with Crippen molar-refractivity contribution in [2.45, 2.75) is 20.0 Å². The Labute approximate surface area is 114 Å². The van der Waals surface area contributed by atoms with E-state index in [1.807, 2.05) is 13.8 Å².